The van der Waals surface area contributed by atoms with E-state index >= 15 is 0 Å². The first-order valence-electron chi connectivity index (χ1n) is 8.50. The molecule has 0 saturated carbocycles. The Balaban J connectivity index is 1.89. The van der Waals surface area contributed by atoms with Crippen LogP contribution in [0.1, 0.15) is 47.0 Å². The summed E-state index contributed by atoms with van der Waals surface area (Å²) in [7, 11) is 0. The molecule has 2 aliphatic heterocycles. The molecule has 0 aromatic rings. The fourth-order valence-corrected chi connectivity index (χ4v) is 3.37. The van der Waals surface area contributed by atoms with Gasteiger partial charge in [-0.1, -0.05) is 0 Å². The molecule has 6 heteroatoms. The number of amides is 2. The number of likely N-dealkylation sites (tertiary alicyclic amines) is 2. The molecule has 6 nitrogen and oxygen atoms in total. The molecule has 23 heavy (non-hydrogen) atoms. The van der Waals surface area contributed by atoms with Gasteiger partial charge < -0.3 is 14.5 Å². The maximum absolute atomic E-state index is 12.7. The van der Waals surface area contributed by atoms with Crippen molar-refractivity contribution in [3.63, 3.8) is 0 Å². The van der Waals surface area contributed by atoms with Crippen molar-refractivity contribution in [1.82, 2.24) is 9.80 Å². The summed E-state index contributed by atoms with van der Waals surface area (Å²) in [5.74, 6) is -0.407. The number of hydrogen-bond donors (Lipinski definition) is 0. The molecule has 2 fully saturated rings. The maximum Gasteiger partial charge on any atom is 0.309 e. The first-order valence-corrected chi connectivity index (χ1v) is 8.50. The molecule has 1 atom stereocenters. The molecule has 0 aliphatic carbocycles. The van der Waals surface area contributed by atoms with Gasteiger partial charge in [-0.2, -0.15) is 0 Å². The van der Waals surface area contributed by atoms with E-state index < -0.39 is 0 Å². The van der Waals surface area contributed by atoms with Gasteiger partial charge >= 0.3 is 5.97 Å². The number of carbonyl (C=O) groups excluding carboxylic acids is 3. The van der Waals surface area contributed by atoms with Crippen LogP contribution in [-0.2, 0) is 19.1 Å². The van der Waals surface area contributed by atoms with Gasteiger partial charge in [0.2, 0.25) is 11.8 Å². The Morgan fingerprint density at radius 3 is 2.26 bits per heavy atom. The number of piperidine rings is 1. The number of esters is 1. The Labute approximate surface area is 138 Å². The average molecular weight is 324 g/mol. The van der Waals surface area contributed by atoms with Gasteiger partial charge in [-0.3, -0.25) is 14.4 Å². The fourth-order valence-electron chi connectivity index (χ4n) is 3.37. The minimum Gasteiger partial charge on any atom is -0.466 e. The maximum atomic E-state index is 12.7. The lowest BCUT2D eigenvalue weighted by Gasteiger charge is -2.34. The predicted octanol–water partition coefficient (Wildman–Crippen LogP) is 1.44. The van der Waals surface area contributed by atoms with Gasteiger partial charge in [0, 0.05) is 31.6 Å². The zero-order valence-electron chi connectivity index (χ0n) is 14.6. The quantitative estimate of drug-likeness (QED) is 0.737. The molecule has 2 aliphatic rings. The zero-order valence-corrected chi connectivity index (χ0v) is 14.6. The number of hydrogen-bond acceptors (Lipinski definition) is 4. The standard InChI is InChI=1S/C17H28N2O4/c1-5-23-16(22)12-6-8-18(9-7-12)15(21)13-10-14(20)19(11-13)17(2,3)4/h12-13H,5-11H2,1-4H3. The van der Waals surface area contributed by atoms with Gasteiger partial charge in [0.1, 0.15) is 0 Å². The van der Waals surface area contributed by atoms with Crippen molar-refractivity contribution in [1.29, 1.82) is 0 Å². The minimum atomic E-state index is -0.249. The van der Waals surface area contributed by atoms with Crippen LogP contribution >= 0.6 is 0 Å². The van der Waals surface area contributed by atoms with E-state index in [1.165, 1.54) is 0 Å². The number of carbonyl (C=O) groups is 3. The van der Waals surface area contributed by atoms with Gasteiger partial charge in [-0.05, 0) is 40.5 Å². The Kier molecular flexibility index (Phi) is 5.32. The second-order valence-corrected chi connectivity index (χ2v) is 7.43. The van der Waals surface area contributed by atoms with Crippen molar-refractivity contribution in [3.05, 3.63) is 0 Å². The Morgan fingerprint density at radius 1 is 1.17 bits per heavy atom. The molecule has 0 radical (unpaired) electrons. The second kappa shape index (κ2) is 6.89. The molecule has 0 bridgehead atoms. The van der Waals surface area contributed by atoms with Crippen molar-refractivity contribution in [2.75, 3.05) is 26.2 Å². The molecular formula is C17H28N2O4. The lowest BCUT2D eigenvalue weighted by molar-refractivity contribution is -0.151. The largest absolute Gasteiger partial charge is 0.466 e. The van der Waals surface area contributed by atoms with Crippen molar-refractivity contribution in [3.8, 4) is 0 Å². The van der Waals surface area contributed by atoms with E-state index in [0.29, 0.717) is 45.5 Å². The summed E-state index contributed by atoms with van der Waals surface area (Å²) < 4.78 is 5.05. The lowest BCUT2D eigenvalue weighted by atomic mass is 9.95. The second-order valence-electron chi connectivity index (χ2n) is 7.43. The highest BCUT2D eigenvalue weighted by Gasteiger charge is 2.41. The monoisotopic (exact) mass is 324 g/mol. The zero-order chi connectivity index (χ0) is 17.2. The van der Waals surface area contributed by atoms with Gasteiger partial charge in [0.05, 0.1) is 18.4 Å². The Hall–Kier alpha value is -1.59. The van der Waals surface area contributed by atoms with Crippen LogP contribution in [0.5, 0.6) is 0 Å². The topological polar surface area (TPSA) is 66.9 Å². The smallest absolute Gasteiger partial charge is 0.309 e. The highest BCUT2D eigenvalue weighted by atomic mass is 16.5. The van der Waals surface area contributed by atoms with E-state index in [4.69, 9.17) is 4.74 Å². The summed E-state index contributed by atoms with van der Waals surface area (Å²) in [6.45, 7) is 9.80. The molecule has 0 aromatic heterocycles. The van der Waals surface area contributed by atoms with E-state index in [1.54, 1.807) is 16.7 Å². The molecule has 0 N–H and O–H groups in total. The SMILES string of the molecule is CCOC(=O)C1CCN(C(=O)C2CC(=O)N(C(C)(C)C)C2)CC1. The van der Waals surface area contributed by atoms with Gasteiger partial charge in [0.15, 0.2) is 0 Å². The predicted molar refractivity (Wildman–Crippen MR) is 85.5 cm³/mol. The highest BCUT2D eigenvalue weighted by Crippen LogP contribution is 2.28. The van der Waals surface area contributed by atoms with Crippen LogP contribution in [0.2, 0.25) is 0 Å². The van der Waals surface area contributed by atoms with E-state index in [9.17, 15) is 14.4 Å². The third-order valence-electron chi connectivity index (χ3n) is 4.71. The van der Waals surface area contributed by atoms with Crippen LogP contribution in [0.4, 0.5) is 0 Å². The van der Waals surface area contributed by atoms with Crippen molar-refractivity contribution in [2.45, 2.75) is 52.5 Å². The molecule has 2 heterocycles. The number of nitrogens with zero attached hydrogens (tertiary/aromatic N) is 2. The summed E-state index contributed by atoms with van der Waals surface area (Å²) in [6.07, 6.45) is 1.59. The molecule has 2 saturated heterocycles. The van der Waals surface area contributed by atoms with E-state index in [-0.39, 0.29) is 35.2 Å². The van der Waals surface area contributed by atoms with Crippen molar-refractivity contribution in [2.24, 2.45) is 11.8 Å². The summed E-state index contributed by atoms with van der Waals surface area (Å²) >= 11 is 0. The Bertz CT molecular complexity index is 475. The van der Waals surface area contributed by atoms with Gasteiger partial charge in [-0.15, -0.1) is 0 Å². The van der Waals surface area contributed by atoms with Crippen LogP contribution in [-0.4, -0.2) is 59.4 Å². The summed E-state index contributed by atoms with van der Waals surface area (Å²) in [5, 5.41) is 0. The minimum absolute atomic E-state index is 0.0485. The first kappa shape index (κ1) is 17.8. The molecule has 2 rings (SSSR count). The van der Waals surface area contributed by atoms with E-state index in [0.717, 1.165) is 0 Å². The lowest BCUT2D eigenvalue weighted by Crippen LogP contribution is -2.45. The van der Waals surface area contributed by atoms with Crippen molar-refractivity contribution < 1.29 is 19.1 Å². The summed E-state index contributed by atoms with van der Waals surface area (Å²) in [4.78, 5) is 40.1. The van der Waals surface area contributed by atoms with Gasteiger partial charge in [-0.25, -0.2) is 0 Å². The van der Waals surface area contributed by atoms with E-state index in [1.807, 2.05) is 20.8 Å². The molecule has 0 spiro atoms. The number of ether oxygens (including phenoxy) is 1. The van der Waals surface area contributed by atoms with E-state index in [2.05, 4.69) is 0 Å². The first-order chi connectivity index (χ1) is 10.7. The number of rotatable bonds is 3. The van der Waals surface area contributed by atoms with Crippen LogP contribution < -0.4 is 0 Å². The van der Waals surface area contributed by atoms with Crippen LogP contribution in [0, 0.1) is 11.8 Å². The third kappa shape index (κ3) is 4.03. The fraction of sp³-hybridized carbons (Fsp3) is 0.824. The van der Waals surface area contributed by atoms with Crippen LogP contribution in [0.15, 0.2) is 0 Å². The van der Waals surface area contributed by atoms with Crippen LogP contribution in [0.25, 0.3) is 0 Å². The molecule has 0 aromatic carbocycles. The molecular weight excluding hydrogens is 296 g/mol. The van der Waals surface area contributed by atoms with Crippen LogP contribution in [0.3, 0.4) is 0 Å². The molecule has 1 unspecified atom stereocenters. The molecule has 2 amide bonds. The Morgan fingerprint density at radius 2 is 1.78 bits per heavy atom. The summed E-state index contributed by atoms with van der Waals surface area (Å²) in [6, 6.07) is 0. The normalized spacial score (nSPS) is 23.3. The average Bonchev–Trinajstić information content (AvgIpc) is 2.89. The highest BCUT2D eigenvalue weighted by molar-refractivity contribution is 5.89. The van der Waals surface area contributed by atoms with Crippen molar-refractivity contribution >= 4 is 17.8 Å². The third-order valence-corrected chi connectivity index (χ3v) is 4.71. The molecule has 130 valence electrons. The van der Waals surface area contributed by atoms with Gasteiger partial charge in [0.25, 0.3) is 0 Å². The summed E-state index contributed by atoms with van der Waals surface area (Å²) in [5.41, 5.74) is -0.247.